The third kappa shape index (κ3) is 3.88. The van der Waals surface area contributed by atoms with E-state index in [0.717, 1.165) is 0 Å². The topological polar surface area (TPSA) is 44.2 Å². The molecular weight excluding hydrogens is 224 g/mol. The lowest BCUT2D eigenvalue weighted by Crippen LogP contribution is -2.15. The standard InChI is InChI=1S/C8H13ClN2O2S/c1-3-12-4-6(2)13-5-7-8(9)14-11-10-7/h6H,3-5H2,1-2H3. The maximum Gasteiger partial charge on any atom is 0.139 e. The lowest BCUT2D eigenvalue weighted by molar-refractivity contribution is -0.0127. The molecule has 0 fully saturated rings. The van der Waals surface area contributed by atoms with Crippen molar-refractivity contribution in [3.63, 3.8) is 0 Å². The fraction of sp³-hybridized carbons (Fsp3) is 0.750. The average molecular weight is 237 g/mol. The van der Waals surface area contributed by atoms with Crippen LogP contribution in [0.5, 0.6) is 0 Å². The first-order valence-corrected chi connectivity index (χ1v) is 5.55. The molecule has 6 heteroatoms. The van der Waals surface area contributed by atoms with Crippen LogP contribution in [0.4, 0.5) is 0 Å². The zero-order valence-electron chi connectivity index (χ0n) is 8.20. The molecule has 4 nitrogen and oxygen atoms in total. The first kappa shape index (κ1) is 11.8. The highest BCUT2D eigenvalue weighted by Gasteiger charge is 2.08. The summed E-state index contributed by atoms with van der Waals surface area (Å²) < 4.78 is 15.0. The number of ether oxygens (including phenoxy) is 2. The van der Waals surface area contributed by atoms with Crippen LogP contribution in [0.2, 0.25) is 4.34 Å². The van der Waals surface area contributed by atoms with Crippen LogP contribution in [0, 0.1) is 0 Å². The van der Waals surface area contributed by atoms with Crippen LogP contribution in [0.3, 0.4) is 0 Å². The smallest absolute Gasteiger partial charge is 0.139 e. The molecule has 1 unspecified atom stereocenters. The number of halogens is 1. The summed E-state index contributed by atoms with van der Waals surface area (Å²) in [5.41, 5.74) is 0.694. The summed E-state index contributed by atoms with van der Waals surface area (Å²) in [5, 5.41) is 3.84. The van der Waals surface area contributed by atoms with Crippen LogP contribution in [-0.4, -0.2) is 28.9 Å². The molecule has 0 aromatic carbocycles. The van der Waals surface area contributed by atoms with Gasteiger partial charge in [-0.1, -0.05) is 16.1 Å². The van der Waals surface area contributed by atoms with Crippen LogP contribution in [0.1, 0.15) is 19.5 Å². The van der Waals surface area contributed by atoms with E-state index in [1.165, 1.54) is 11.5 Å². The predicted octanol–water partition coefficient (Wildman–Crippen LogP) is 2.13. The Bertz CT molecular complexity index is 270. The van der Waals surface area contributed by atoms with Gasteiger partial charge in [0.05, 0.1) is 19.3 Å². The van der Waals surface area contributed by atoms with E-state index in [1.54, 1.807) is 0 Å². The van der Waals surface area contributed by atoms with Crippen molar-refractivity contribution in [1.29, 1.82) is 0 Å². The molecule has 0 aliphatic carbocycles. The highest BCUT2D eigenvalue weighted by molar-refractivity contribution is 7.10. The Labute approximate surface area is 92.3 Å². The number of rotatable bonds is 6. The van der Waals surface area contributed by atoms with Crippen molar-refractivity contribution in [3.8, 4) is 0 Å². The van der Waals surface area contributed by atoms with Crippen molar-refractivity contribution in [3.05, 3.63) is 10.0 Å². The third-order valence-electron chi connectivity index (χ3n) is 1.57. The molecule has 0 bridgehead atoms. The van der Waals surface area contributed by atoms with Gasteiger partial charge in [-0.2, -0.15) is 0 Å². The van der Waals surface area contributed by atoms with Gasteiger partial charge in [-0.15, -0.1) is 5.10 Å². The maximum atomic E-state index is 5.81. The zero-order chi connectivity index (χ0) is 10.4. The van der Waals surface area contributed by atoms with Crippen molar-refractivity contribution < 1.29 is 9.47 Å². The van der Waals surface area contributed by atoms with Gasteiger partial charge in [0.25, 0.3) is 0 Å². The first-order chi connectivity index (χ1) is 6.74. The second-order valence-electron chi connectivity index (χ2n) is 2.77. The van der Waals surface area contributed by atoms with Gasteiger partial charge < -0.3 is 9.47 Å². The van der Waals surface area contributed by atoms with E-state index < -0.39 is 0 Å². The van der Waals surface area contributed by atoms with Crippen LogP contribution in [-0.2, 0) is 16.1 Å². The minimum atomic E-state index is 0.0488. The number of aromatic nitrogens is 2. The lowest BCUT2D eigenvalue weighted by atomic mass is 10.4. The summed E-state index contributed by atoms with van der Waals surface area (Å²) in [6.07, 6.45) is 0.0488. The van der Waals surface area contributed by atoms with Gasteiger partial charge in [0, 0.05) is 18.1 Å². The van der Waals surface area contributed by atoms with E-state index in [9.17, 15) is 0 Å². The molecule has 1 aromatic heterocycles. The van der Waals surface area contributed by atoms with E-state index in [0.29, 0.717) is 29.9 Å². The molecule has 0 aliphatic rings. The highest BCUT2D eigenvalue weighted by atomic mass is 35.5. The second-order valence-corrected chi connectivity index (χ2v) is 4.13. The molecule has 14 heavy (non-hydrogen) atoms. The molecule has 1 heterocycles. The van der Waals surface area contributed by atoms with Crippen molar-refractivity contribution in [2.24, 2.45) is 0 Å². The van der Waals surface area contributed by atoms with Crippen LogP contribution < -0.4 is 0 Å². The fourth-order valence-corrected chi connectivity index (χ4v) is 1.44. The fourth-order valence-electron chi connectivity index (χ4n) is 0.836. The minimum Gasteiger partial charge on any atom is -0.379 e. The monoisotopic (exact) mass is 236 g/mol. The van der Waals surface area contributed by atoms with Gasteiger partial charge in [-0.05, 0) is 13.8 Å². The average Bonchev–Trinajstić information content (AvgIpc) is 2.58. The Balaban J connectivity index is 2.23. The van der Waals surface area contributed by atoms with E-state index in [1.807, 2.05) is 13.8 Å². The zero-order valence-corrected chi connectivity index (χ0v) is 9.77. The lowest BCUT2D eigenvalue weighted by Gasteiger charge is -2.11. The third-order valence-corrected chi connectivity index (χ3v) is 2.56. The van der Waals surface area contributed by atoms with Gasteiger partial charge >= 0.3 is 0 Å². The van der Waals surface area contributed by atoms with Crippen molar-refractivity contribution >= 4 is 23.1 Å². The Morgan fingerprint density at radius 3 is 2.93 bits per heavy atom. The van der Waals surface area contributed by atoms with Crippen LogP contribution >= 0.6 is 23.1 Å². The Morgan fingerprint density at radius 1 is 1.57 bits per heavy atom. The Morgan fingerprint density at radius 2 is 2.36 bits per heavy atom. The molecule has 0 N–H and O–H groups in total. The summed E-state index contributed by atoms with van der Waals surface area (Å²) in [4.78, 5) is 0. The molecular formula is C8H13ClN2O2S. The van der Waals surface area contributed by atoms with E-state index in [4.69, 9.17) is 21.1 Å². The molecule has 0 saturated carbocycles. The maximum absolute atomic E-state index is 5.81. The van der Waals surface area contributed by atoms with Gasteiger partial charge in [-0.3, -0.25) is 0 Å². The quantitative estimate of drug-likeness (QED) is 0.759. The van der Waals surface area contributed by atoms with Crippen LogP contribution in [0.15, 0.2) is 0 Å². The van der Waals surface area contributed by atoms with Crippen LogP contribution in [0.25, 0.3) is 0 Å². The molecule has 0 saturated heterocycles. The van der Waals surface area contributed by atoms with Crippen molar-refractivity contribution in [2.75, 3.05) is 13.2 Å². The van der Waals surface area contributed by atoms with Gasteiger partial charge in [0.15, 0.2) is 0 Å². The SMILES string of the molecule is CCOCC(C)OCc1nnsc1Cl. The number of hydrogen-bond donors (Lipinski definition) is 0. The Hall–Kier alpha value is -0.230. The Kier molecular flexibility index (Phi) is 5.32. The summed E-state index contributed by atoms with van der Waals surface area (Å²) in [7, 11) is 0. The van der Waals surface area contributed by atoms with Crippen molar-refractivity contribution in [2.45, 2.75) is 26.6 Å². The second kappa shape index (κ2) is 6.29. The normalized spacial score (nSPS) is 13.1. The molecule has 1 aromatic rings. The predicted molar refractivity (Wildman–Crippen MR) is 55.7 cm³/mol. The first-order valence-electron chi connectivity index (χ1n) is 4.40. The molecule has 0 spiro atoms. The van der Waals surface area contributed by atoms with E-state index in [-0.39, 0.29) is 6.10 Å². The van der Waals surface area contributed by atoms with E-state index >= 15 is 0 Å². The number of nitrogens with zero attached hydrogens (tertiary/aromatic N) is 2. The summed E-state index contributed by atoms with van der Waals surface area (Å²) in [6.45, 7) is 5.58. The van der Waals surface area contributed by atoms with Gasteiger partial charge in [0.1, 0.15) is 10.0 Å². The van der Waals surface area contributed by atoms with E-state index in [2.05, 4.69) is 9.59 Å². The minimum absolute atomic E-state index is 0.0488. The van der Waals surface area contributed by atoms with Gasteiger partial charge in [0.2, 0.25) is 0 Å². The molecule has 0 radical (unpaired) electrons. The van der Waals surface area contributed by atoms with Gasteiger partial charge in [-0.25, -0.2) is 0 Å². The molecule has 1 atom stereocenters. The highest BCUT2D eigenvalue weighted by Crippen LogP contribution is 2.18. The molecule has 1 rings (SSSR count). The summed E-state index contributed by atoms with van der Waals surface area (Å²) in [6, 6.07) is 0. The molecule has 0 amide bonds. The van der Waals surface area contributed by atoms with Crippen molar-refractivity contribution in [1.82, 2.24) is 9.59 Å². The largest absolute Gasteiger partial charge is 0.379 e. The molecule has 0 aliphatic heterocycles. The summed E-state index contributed by atoms with van der Waals surface area (Å²) >= 11 is 6.98. The number of hydrogen-bond acceptors (Lipinski definition) is 5. The summed E-state index contributed by atoms with van der Waals surface area (Å²) in [5.74, 6) is 0. The molecule has 80 valence electrons.